The topological polar surface area (TPSA) is 21.3 Å². The Morgan fingerprint density at radius 2 is 2.06 bits per heavy atom. The first-order chi connectivity index (χ1) is 8.79. The summed E-state index contributed by atoms with van der Waals surface area (Å²) in [7, 11) is 1.83. The van der Waals surface area contributed by atoms with Crippen LogP contribution in [0.15, 0.2) is 30.3 Å². The second-order valence-corrected chi connectivity index (χ2v) is 5.44. The molecule has 0 radical (unpaired) electrons. The molecule has 0 aromatic heterocycles. The largest absolute Gasteiger partial charge is 0.381 e. The summed E-state index contributed by atoms with van der Waals surface area (Å²) >= 11 is 0. The van der Waals surface area contributed by atoms with Crippen molar-refractivity contribution in [3.05, 3.63) is 35.9 Å². The van der Waals surface area contributed by atoms with Gasteiger partial charge in [0.05, 0.1) is 6.10 Å². The summed E-state index contributed by atoms with van der Waals surface area (Å²) in [5.41, 5.74) is 1.42. The number of nitrogens with one attached hydrogen (secondary N) is 1. The summed E-state index contributed by atoms with van der Waals surface area (Å²) in [4.78, 5) is 0. The van der Waals surface area contributed by atoms with Crippen molar-refractivity contribution in [1.29, 1.82) is 0 Å². The molecule has 0 heterocycles. The first kappa shape index (κ1) is 13.6. The van der Waals surface area contributed by atoms with E-state index in [1.54, 1.807) is 0 Å². The molecule has 1 aromatic rings. The van der Waals surface area contributed by atoms with Crippen LogP contribution in [0.25, 0.3) is 0 Å². The molecule has 18 heavy (non-hydrogen) atoms. The fourth-order valence-corrected chi connectivity index (χ4v) is 2.79. The number of ether oxygens (including phenoxy) is 1. The van der Waals surface area contributed by atoms with Gasteiger partial charge < -0.3 is 10.1 Å². The highest BCUT2D eigenvalue weighted by molar-refractivity contribution is 5.19. The van der Waals surface area contributed by atoms with Gasteiger partial charge in [-0.1, -0.05) is 37.3 Å². The van der Waals surface area contributed by atoms with Crippen LogP contribution in [0.3, 0.4) is 0 Å². The van der Waals surface area contributed by atoms with Gasteiger partial charge in [-0.15, -0.1) is 0 Å². The maximum absolute atomic E-state index is 5.47. The molecule has 2 rings (SSSR count). The van der Waals surface area contributed by atoms with Crippen molar-refractivity contribution in [2.24, 2.45) is 0 Å². The van der Waals surface area contributed by atoms with E-state index in [-0.39, 0.29) is 0 Å². The highest BCUT2D eigenvalue weighted by atomic mass is 16.5. The highest BCUT2D eigenvalue weighted by Gasteiger charge is 2.21. The number of methoxy groups -OCH3 is 1. The normalized spacial score (nSPS) is 25.9. The van der Waals surface area contributed by atoms with Gasteiger partial charge >= 0.3 is 0 Å². The van der Waals surface area contributed by atoms with Gasteiger partial charge in [-0.25, -0.2) is 0 Å². The van der Waals surface area contributed by atoms with Crippen LogP contribution in [0.4, 0.5) is 0 Å². The Balaban J connectivity index is 1.77. The fourth-order valence-electron chi connectivity index (χ4n) is 2.79. The summed E-state index contributed by atoms with van der Waals surface area (Å²) in [6.07, 6.45) is 5.43. The van der Waals surface area contributed by atoms with Crippen molar-refractivity contribution in [2.45, 2.75) is 50.7 Å². The summed E-state index contributed by atoms with van der Waals surface area (Å²) in [5, 5.41) is 3.70. The zero-order valence-electron chi connectivity index (χ0n) is 11.6. The lowest BCUT2D eigenvalue weighted by Crippen LogP contribution is -2.38. The third-order valence-electron chi connectivity index (χ3n) is 4.04. The Kier molecular flexibility index (Phi) is 5.21. The Morgan fingerprint density at radius 3 is 2.78 bits per heavy atom. The van der Waals surface area contributed by atoms with E-state index < -0.39 is 0 Å². The van der Waals surface area contributed by atoms with Crippen molar-refractivity contribution in [1.82, 2.24) is 5.32 Å². The second-order valence-electron chi connectivity index (χ2n) is 5.44. The molecule has 1 aliphatic carbocycles. The molecule has 0 bridgehead atoms. The number of benzene rings is 1. The number of hydrogen-bond acceptors (Lipinski definition) is 2. The van der Waals surface area contributed by atoms with Crippen molar-refractivity contribution in [3.63, 3.8) is 0 Å². The minimum absolute atomic E-state index is 0.461. The molecule has 100 valence electrons. The van der Waals surface area contributed by atoms with Crippen LogP contribution in [-0.2, 0) is 4.74 Å². The standard InChI is InChI=1S/C16H25NO/c1-13(14-7-4-3-5-8-14)12-17-15-9-6-10-16(11-15)18-2/h3-5,7-8,13,15-17H,6,9-12H2,1-2H3. The molecule has 3 atom stereocenters. The average Bonchev–Trinajstić information content (AvgIpc) is 2.46. The Morgan fingerprint density at radius 1 is 1.28 bits per heavy atom. The molecule has 0 aliphatic heterocycles. The molecule has 2 heteroatoms. The first-order valence-electron chi connectivity index (χ1n) is 7.10. The van der Waals surface area contributed by atoms with Crippen LogP contribution in [0.1, 0.15) is 44.1 Å². The van der Waals surface area contributed by atoms with Crippen LogP contribution in [-0.4, -0.2) is 25.8 Å². The maximum atomic E-state index is 5.47. The molecule has 0 spiro atoms. The predicted molar refractivity (Wildman–Crippen MR) is 75.9 cm³/mol. The van der Waals surface area contributed by atoms with Crippen LogP contribution >= 0.6 is 0 Å². The monoisotopic (exact) mass is 247 g/mol. The molecule has 2 nitrogen and oxygen atoms in total. The molecule has 3 unspecified atom stereocenters. The Hall–Kier alpha value is -0.860. The molecular weight excluding hydrogens is 222 g/mol. The average molecular weight is 247 g/mol. The van der Waals surface area contributed by atoms with Crippen LogP contribution in [0, 0.1) is 0 Å². The van der Waals surface area contributed by atoms with Gasteiger partial charge in [0.25, 0.3) is 0 Å². The van der Waals surface area contributed by atoms with Crippen molar-refractivity contribution < 1.29 is 4.74 Å². The van der Waals surface area contributed by atoms with Crippen LogP contribution in [0.5, 0.6) is 0 Å². The van der Waals surface area contributed by atoms with Gasteiger partial charge in [0, 0.05) is 19.7 Å². The van der Waals surface area contributed by atoms with Crippen LogP contribution < -0.4 is 5.32 Å². The third kappa shape index (κ3) is 3.82. The summed E-state index contributed by atoms with van der Waals surface area (Å²) in [6, 6.07) is 11.4. The number of hydrogen-bond donors (Lipinski definition) is 1. The first-order valence-corrected chi connectivity index (χ1v) is 7.10. The molecule has 1 N–H and O–H groups in total. The van der Waals surface area contributed by atoms with E-state index >= 15 is 0 Å². The summed E-state index contributed by atoms with van der Waals surface area (Å²) < 4.78 is 5.47. The highest BCUT2D eigenvalue weighted by Crippen LogP contribution is 2.21. The van der Waals surface area contributed by atoms with Crippen molar-refractivity contribution >= 4 is 0 Å². The molecule has 0 saturated heterocycles. The minimum Gasteiger partial charge on any atom is -0.381 e. The smallest absolute Gasteiger partial charge is 0.0586 e. The molecule has 1 saturated carbocycles. The molecular formula is C16H25NO. The molecule has 0 amide bonds. The lowest BCUT2D eigenvalue weighted by atomic mass is 9.92. The Labute approximate surface area is 111 Å². The quantitative estimate of drug-likeness (QED) is 0.861. The number of rotatable bonds is 5. The lowest BCUT2D eigenvalue weighted by Gasteiger charge is -2.30. The zero-order valence-corrected chi connectivity index (χ0v) is 11.6. The Bertz CT molecular complexity index is 338. The van der Waals surface area contributed by atoms with Gasteiger partial charge in [-0.05, 0) is 37.2 Å². The summed E-state index contributed by atoms with van der Waals surface area (Å²) in [6.45, 7) is 3.35. The molecule has 1 aromatic carbocycles. The van der Waals surface area contributed by atoms with E-state index in [1.165, 1.54) is 24.8 Å². The third-order valence-corrected chi connectivity index (χ3v) is 4.04. The van der Waals surface area contributed by atoms with E-state index in [1.807, 2.05) is 7.11 Å². The maximum Gasteiger partial charge on any atom is 0.0586 e. The van der Waals surface area contributed by atoms with Gasteiger partial charge in [0.2, 0.25) is 0 Å². The van der Waals surface area contributed by atoms with Crippen molar-refractivity contribution in [2.75, 3.05) is 13.7 Å². The van der Waals surface area contributed by atoms with Gasteiger partial charge in [0.1, 0.15) is 0 Å². The van der Waals surface area contributed by atoms with Gasteiger partial charge in [-0.2, -0.15) is 0 Å². The molecule has 1 aliphatic rings. The fraction of sp³-hybridized carbons (Fsp3) is 0.625. The van der Waals surface area contributed by atoms with Gasteiger partial charge in [-0.3, -0.25) is 0 Å². The lowest BCUT2D eigenvalue weighted by molar-refractivity contribution is 0.0587. The zero-order chi connectivity index (χ0) is 12.8. The second kappa shape index (κ2) is 6.91. The SMILES string of the molecule is COC1CCCC(NCC(C)c2ccccc2)C1. The van der Waals surface area contributed by atoms with E-state index in [9.17, 15) is 0 Å². The minimum atomic E-state index is 0.461. The van der Waals surface area contributed by atoms with Crippen LogP contribution in [0.2, 0.25) is 0 Å². The molecule has 1 fully saturated rings. The summed E-state index contributed by atoms with van der Waals surface area (Å²) in [5.74, 6) is 0.578. The van der Waals surface area contributed by atoms with Crippen molar-refractivity contribution in [3.8, 4) is 0 Å². The van der Waals surface area contributed by atoms with Gasteiger partial charge in [0.15, 0.2) is 0 Å². The van der Waals surface area contributed by atoms with E-state index in [2.05, 4.69) is 42.6 Å². The van der Waals surface area contributed by atoms with E-state index in [0.29, 0.717) is 18.1 Å². The predicted octanol–water partition coefficient (Wildman–Crippen LogP) is 3.34. The van der Waals surface area contributed by atoms with E-state index in [0.717, 1.165) is 13.0 Å². The van der Waals surface area contributed by atoms with E-state index in [4.69, 9.17) is 4.74 Å².